The summed E-state index contributed by atoms with van der Waals surface area (Å²) in [4.78, 5) is 45.9. The first-order valence-corrected chi connectivity index (χ1v) is 9.73. The average Bonchev–Trinajstić information content (AvgIpc) is 2.81. The number of hydrogen-bond donors (Lipinski definition) is 1. The van der Waals surface area contributed by atoms with E-state index in [1.54, 1.807) is 0 Å². The van der Waals surface area contributed by atoms with Gasteiger partial charge in [0.25, 0.3) is 0 Å². The summed E-state index contributed by atoms with van der Waals surface area (Å²) in [5, 5.41) is 32.1. The molecule has 4 aromatic rings. The van der Waals surface area contributed by atoms with E-state index in [-0.39, 0.29) is 106 Å². The molecule has 13 heteroatoms. The normalized spacial score (nSPS) is 10.5. The van der Waals surface area contributed by atoms with Crippen molar-refractivity contribution in [2.75, 3.05) is 13.2 Å². The fourth-order valence-electron chi connectivity index (χ4n) is 3.08. The summed E-state index contributed by atoms with van der Waals surface area (Å²) in [6.07, 6.45) is -1.10. The van der Waals surface area contributed by atoms with Crippen LogP contribution in [0.3, 0.4) is 0 Å². The van der Waals surface area contributed by atoms with Crippen molar-refractivity contribution in [1.29, 1.82) is 0 Å². The van der Waals surface area contributed by atoms with E-state index in [0.717, 1.165) is 12.1 Å². The van der Waals surface area contributed by atoms with Crippen LogP contribution in [0.15, 0.2) is 67.0 Å². The fraction of sp³-hybridized carbons (Fsp3) is 0.130. The molecule has 0 bridgehead atoms. The molecule has 0 amide bonds. The first-order chi connectivity index (χ1) is 16.2. The molecule has 4 rings (SSSR count). The number of carboxylic acids is 2. The third-order valence-electron chi connectivity index (χ3n) is 4.68. The van der Waals surface area contributed by atoms with Gasteiger partial charge < -0.3 is 43.2 Å². The molecule has 0 unspecified atom stereocenters. The SMILES string of the molecule is O=C([O-])c1cc(=O)c2cc(OCC(O)COc3ccc4oc(C(=O)[O-])cc(=O)c4c3)ccc2o1.[Na+].[Na+]. The number of aromatic carboxylic acids is 2. The standard InChI is InChI=1S/C23H16O11.2Na/c24-11(9-31-12-1-3-18-14(5-12)16(25)7-20(33-18)22(27)28)10-32-13-2-4-19-15(6-13)17(26)8-21(34-19)23(29)30;;/h1-8,11,24H,9-10H2,(H,27,28)(H,29,30);;/q;2*+1/p-2. The van der Waals surface area contributed by atoms with Crippen LogP contribution in [0.5, 0.6) is 11.5 Å². The van der Waals surface area contributed by atoms with E-state index >= 15 is 0 Å². The molecule has 2 aromatic heterocycles. The van der Waals surface area contributed by atoms with Gasteiger partial charge in [-0.2, -0.15) is 0 Å². The molecule has 174 valence electrons. The molecular formula is C23H14Na2O11. The van der Waals surface area contributed by atoms with Crippen LogP contribution in [0.4, 0.5) is 0 Å². The maximum atomic E-state index is 12.1. The minimum absolute atomic E-state index is 0. The van der Waals surface area contributed by atoms with Gasteiger partial charge in [0.05, 0.1) is 10.8 Å². The summed E-state index contributed by atoms with van der Waals surface area (Å²) in [7, 11) is 0. The first kappa shape index (κ1) is 29.6. The molecule has 0 aliphatic heterocycles. The number of ether oxygens (including phenoxy) is 2. The maximum Gasteiger partial charge on any atom is 1.00 e. The van der Waals surface area contributed by atoms with Gasteiger partial charge in [0.15, 0.2) is 22.4 Å². The third kappa shape index (κ3) is 6.77. The van der Waals surface area contributed by atoms with Gasteiger partial charge in [-0.15, -0.1) is 0 Å². The second-order valence-electron chi connectivity index (χ2n) is 7.12. The zero-order valence-electron chi connectivity index (χ0n) is 19.1. The quantitative estimate of drug-likeness (QED) is 0.222. The summed E-state index contributed by atoms with van der Waals surface area (Å²) in [5.74, 6) is -3.96. The number of rotatable bonds is 8. The minimum Gasteiger partial charge on any atom is -0.542 e. The molecular weight excluding hydrogens is 498 g/mol. The Morgan fingerprint density at radius 3 is 1.50 bits per heavy atom. The molecule has 2 aromatic carbocycles. The zero-order valence-corrected chi connectivity index (χ0v) is 23.1. The van der Waals surface area contributed by atoms with Gasteiger partial charge in [-0.3, -0.25) is 9.59 Å². The van der Waals surface area contributed by atoms with Gasteiger partial charge in [0.2, 0.25) is 0 Å². The van der Waals surface area contributed by atoms with E-state index in [4.69, 9.17) is 18.3 Å². The third-order valence-corrected chi connectivity index (χ3v) is 4.68. The predicted molar refractivity (Wildman–Crippen MR) is 111 cm³/mol. The van der Waals surface area contributed by atoms with Gasteiger partial charge in [-0.1, -0.05) is 0 Å². The Morgan fingerprint density at radius 2 is 1.14 bits per heavy atom. The molecule has 0 radical (unpaired) electrons. The van der Waals surface area contributed by atoms with Crippen molar-refractivity contribution in [3.63, 3.8) is 0 Å². The summed E-state index contributed by atoms with van der Waals surface area (Å²) in [6, 6.07) is 9.86. The van der Waals surface area contributed by atoms with Crippen LogP contribution < -0.4 is 89.7 Å². The van der Waals surface area contributed by atoms with Crippen molar-refractivity contribution in [3.05, 3.63) is 80.5 Å². The van der Waals surface area contributed by atoms with Crippen LogP contribution >= 0.6 is 0 Å². The van der Waals surface area contributed by atoms with Crippen molar-refractivity contribution in [2.45, 2.75) is 6.10 Å². The Kier molecular flexibility index (Phi) is 10.3. The van der Waals surface area contributed by atoms with Crippen molar-refractivity contribution in [1.82, 2.24) is 0 Å². The van der Waals surface area contributed by atoms with E-state index in [0.29, 0.717) is 0 Å². The molecule has 0 spiro atoms. The summed E-state index contributed by atoms with van der Waals surface area (Å²) in [6.45, 7) is -0.419. The monoisotopic (exact) mass is 512 g/mol. The number of benzene rings is 2. The molecule has 0 saturated carbocycles. The second kappa shape index (κ2) is 12.5. The molecule has 0 atom stereocenters. The largest absolute Gasteiger partial charge is 1.00 e. The van der Waals surface area contributed by atoms with Crippen LogP contribution in [0, 0.1) is 0 Å². The fourth-order valence-corrected chi connectivity index (χ4v) is 3.08. The summed E-state index contributed by atoms with van der Waals surface area (Å²) in [5.41, 5.74) is -1.12. The second-order valence-corrected chi connectivity index (χ2v) is 7.12. The average molecular weight is 512 g/mol. The first-order valence-electron chi connectivity index (χ1n) is 9.73. The molecule has 0 aliphatic rings. The smallest absolute Gasteiger partial charge is 0.542 e. The molecule has 2 heterocycles. The van der Waals surface area contributed by atoms with Crippen LogP contribution in [-0.2, 0) is 0 Å². The Morgan fingerprint density at radius 1 is 0.750 bits per heavy atom. The maximum absolute atomic E-state index is 12.1. The number of hydrogen-bond acceptors (Lipinski definition) is 11. The molecule has 1 N–H and O–H groups in total. The molecule has 0 fully saturated rings. The van der Waals surface area contributed by atoms with Crippen LogP contribution in [-0.4, -0.2) is 36.4 Å². The van der Waals surface area contributed by atoms with Crippen molar-refractivity contribution >= 4 is 33.9 Å². The molecule has 0 saturated heterocycles. The van der Waals surface area contributed by atoms with Gasteiger partial charge in [-0.05, 0) is 36.4 Å². The van der Waals surface area contributed by atoms with Gasteiger partial charge in [-0.25, -0.2) is 0 Å². The van der Waals surface area contributed by atoms with E-state index < -0.39 is 40.4 Å². The van der Waals surface area contributed by atoms with E-state index in [1.807, 2.05) is 0 Å². The summed E-state index contributed by atoms with van der Waals surface area (Å²) < 4.78 is 21.1. The number of aliphatic hydroxyl groups excluding tert-OH is 1. The van der Waals surface area contributed by atoms with E-state index in [9.17, 15) is 34.5 Å². The van der Waals surface area contributed by atoms with Gasteiger partial charge in [0, 0.05) is 12.1 Å². The topological polar surface area (TPSA) is 179 Å². The Bertz CT molecular complexity index is 1430. The van der Waals surface area contributed by atoms with Gasteiger partial charge in [0.1, 0.15) is 53.9 Å². The van der Waals surface area contributed by atoms with Crippen LogP contribution in [0.1, 0.15) is 21.1 Å². The van der Waals surface area contributed by atoms with Gasteiger partial charge >= 0.3 is 59.1 Å². The number of carboxylic acid groups (broad SMARTS) is 2. The molecule has 0 aliphatic carbocycles. The number of carbonyl (C=O) groups is 2. The zero-order chi connectivity index (χ0) is 24.4. The van der Waals surface area contributed by atoms with Crippen LogP contribution in [0.2, 0.25) is 0 Å². The van der Waals surface area contributed by atoms with E-state index in [2.05, 4.69) is 0 Å². The predicted octanol–water partition coefficient (Wildman–Crippen LogP) is -6.55. The Balaban J connectivity index is 0.00000228. The Hall–Kier alpha value is -2.64. The van der Waals surface area contributed by atoms with E-state index in [1.165, 1.54) is 36.4 Å². The number of fused-ring (bicyclic) bond motifs is 2. The van der Waals surface area contributed by atoms with Crippen molar-refractivity contribution in [3.8, 4) is 11.5 Å². The summed E-state index contributed by atoms with van der Waals surface area (Å²) >= 11 is 0. The Labute approximate surface area is 245 Å². The molecule has 36 heavy (non-hydrogen) atoms. The minimum atomic E-state index is -1.61. The van der Waals surface area contributed by atoms with Crippen molar-refractivity contribution in [2.24, 2.45) is 0 Å². The van der Waals surface area contributed by atoms with Crippen molar-refractivity contribution < 1.29 is 102 Å². The number of aliphatic hydroxyl groups is 1. The van der Waals surface area contributed by atoms with Crippen LogP contribution in [0.25, 0.3) is 21.9 Å². The number of carbonyl (C=O) groups excluding carboxylic acids is 2. The molecule has 11 nitrogen and oxygen atoms in total.